The van der Waals surface area contributed by atoms with E-state index in [0.717, 1.165) is 16.6 Å². The minimum atomic E-state index is -0.299. The van der Waals surface area contributed by atoms with Crippen LogP contribution in [0, 0.1) is 11.7 Å². The summed E-state index contributed by atoms with van der Waals surface area (Å²) in [5, 5.41) is 11.0. The van der Waals surface area contributed by atoms with Gasteiger partial charge in [0.05, 0.1) is 18.1 Å². The Morgan fingerprint density at radius 3 is 2.56 bits per heavy atom. The van der Waals surface area contributed by atoms with Crippen LogP contribution in [0.15, 0.2) is 42.7 Å². The molecule has 3 amide bonds. The predicted molar refractivity (Wildman–Crippen MR) is 119 cm³/mol. The Morgan fingerprint density at radius 2 is 1.88 bits per heavy atom. The first-order valence-corrected chi connectivity index (χ1v) is 10.8. The number of benzene rings is 1. The van der Waals surface area contributed by atoms with Gasteiger partial charge in [0, 0.05) is 37.0 Å². The van der Waals surface area contributed by atoms with Gasteiger partial charge in [-0.2, -0.15) is 5.10 Å². The summed E-state index contributed by atoms with van der Waals surface area (Å²) < 4.78 is 14.8. The van der Waals surface area contributed by atoms with Gasteiger partial charge in [-0.25, -0.2) is 18.9 Å². The molecule has 8 nitrogen and oxygen atoms in total. The third kappa shape index (κ3) is 4.87. The molecule has 168 valence electrons. The third-order valence-electron chi connectivity index (χ3n) is 5.71. The Labute approximate surface area is 185 Å². The number of likely N-dealkylation sites (tertiary alicyclic amines) is 1. The summed E-state index contributed by atoms with van der Waals surface area (Å²) in [4.78, 5) is 31.3. The van der Waals surface area contributed by atoms with Crippen LogP contribution in [0.2, 0.25) is 0 Å². The number of hydrogen-bond acceptors (Lipinski definition) is 4. The van der Waals surface area contributed by atoms with Gasteiger partial charge in [0.1, 0.15) is 5.82 Å². The third-order valence-corrected chi connectivity index (χ3v) is 5.71. The van der Waals surface area contributed by atoms with Gasteiger partial charge in [-0.1, -0.05) is 12.1 Å². The molecule has 0 unspecified atom stereocenters. The lowest BCUT2D eigenvalue weighted by molar-refractivity contribution is -0.126. The number of anilines is 1. The molecule has 3 aromatic rings. The van der Waals surface area contributed by atoms with E-state index in [1.54, 1.807) is 29.4 Å². The summed E-state index contributed by atoms with van der Waals surface area (Å²) in [6.45, 7) is 5.44. The van der Waals surface area contributed by atoms with E-state index in [-0.39, 0.29) is 29.7 Å². The Kier molecular flexibility index (Phi) is 6.34. The molecule has 0 spiro atoms. The normalized spacial score (nSPS) is 14.7. The van der Waals surface area contributed by atoms with E-state index in [1.807, 2.05) is 24.6 Å². The Morgan fingerprint density at radius 1 is 1.16 bits per heavy atom. The zero-order valence-electron chi connectivity index (χ0n) is 18.2. The van der Waals surface area contributed by atoms with Gasteiger partial charge in [-0.3, -0.25) is 4.79 Å². The molecule has 0 bridgehead atoms. The molecule has 32 heavy (non-hydrogen) atoms. The first-order chi connectivity index (χ1) is 15.4. The second kappa shape index (κ2) is 9.33. The van der Waals surface area contributed by atoms with Crippen LogP contribution in [-0.2, 0) is 11.3 Å². The number of nitrogens with one attached hydrogen (secondary N) is 2. The van der Waals surface area contributed by atoms with Crippen molar-refractivity contribution in [3.8, 4) is 0 Å². The molecule has 4 rings (SSSR count). The first kappa shape index (κ1) is 21.7. The SMILES string of the molecule is CC(C)n1ncc2cc(NC(=O)N3CCC(C(=O)NCc4ccc(F)cc4)CC3)cnc21. The lowest BCUT2D eigenvalue weighted by atomic mass is 9.96. The average molecular weight is 439 g/mol. The first-order valence-electron chi connectivity index (χ1n) is 10.8. The predicted octanol–water partition coefficient (Wildman–Crippen LogP) is 3.71. The summed E-state index contributed by atoms with van der Waals surface area (Å²) in [5.41, 5.74) is 2.25. The molecule has 9 heteroatoms. The lowest BCUT2D eigenvalue weighted by Gasteiger charge is -2.31. The number of pyridine rings is 1. The van der Waals surface area contributed by atoms with Crippen molar-refractivity contribution in [2.45, 2.75) is 39.3 Å². The number of halogens is 1. The number of nitrogens with zero attached hydrogens (tertiary/aromatic N) is 4. The second-order valence-electron chi connectivity index (χ2n) is 8.36. The molecular formula is C23H27FN6O2. The maximum Gasteiger partial charge on any atom is 0.321 e. The van der Waals surface area contributed by atoms with Crippen LogP contribution in [0.3, 0.4) is 0 Å². The zero-order chi connectivity index (χ0) is 22.7. The van der Waals surface area contributed by atoms with E-state index in [2.05, 4.69) is 20.7 Å². The Balaban J connectivity index is 1.27. The van der Waals surface area contributed by atoms with Crippen LogP contribution in [0.1, 0.15) is 38.3 Å². The van der Waals surface area contributed by atoms with Crippen molar-refractivity contribution in [2.75, 3.05) is 18.4 Å². The minimum absolute atomic E-state index is 0.0359. The molecule has 1 aromatic carbocycles. The molecular weight excluding hydrogens is 411 g/mol. The number of aromatic nitrogens is 3. The maximum atomic E-state index is 13.0. The van der Waals surface area contributed by atoms with Crippen molar-refractivity contribution >= 4 is 28.7 Å². The number of amides is 3. The molecule has 3 heterocycles. The van der Waals surface area contributed by atoms with Crippen molar-refractivity contribution < 1.29 is 14.0 Å². The second-order valence-corrected chi connectivity index (χ2v) is 8.36. The van der Waals surface area contributed by atoms with Gasteiger partial charge in [0.25, 0.3) is 0 Å². The molecule has 0 atom stereocenters. The van der Waals surface area contributed by atoms with Crippen LogP contribution < -0.4 is 10.6 Å². The maximum absolute atomic E-state index is 13.0. The smallest absolute Gasteiger partial charge is 0.321 e. The summed E-state index contributed by atoms with van der Waals surface area (Å²) in [6, 6.07) is 7.93. The summed E-state index contributed by atoms with van der Waals surface area (Å²) in [7, 11) is 0. The number of fused-ring (bicyclic) bond motifs is 1. The Bertz CT molecular complexity index is 1100. The minimum Gasteiger partial charge on any atom is -0.352 e. The molecule has 1 fully saturated rings. The number of hydrogen-bond donors (Lipinski definition) is 2. The highest BCUT2D eigenvalue weighted by atomic mass is 19.1. The molecule has 1 aliphatic heterocycles. The summed E-state index contributed by atoms with van der Waals surface area (Å²) in [5.74, 6) is -0.474. The fourth-order valence-corrected chi connectivity index (χ4v) is 3.87. The van der Waals surface area contributed by atoms with Gasteiger partial charge in [-0.15, -0.1) is 0 Å². The molecule has 2 aromatic heterocycles. The van der Waals surface area contributed by atoms with Gasteiger partial charge >= 0.3 is 6.03 Å². The van der Waals surface area contributed by atoms with Crippen LogP contribution in [-0.4, -0.2) is 44.7 Å². The largest absolute Gasteiger partial charge is 0.352 e. The van der Waals surface area contributed by atoms with Crippen molar-refractivity contribution in [1.82, 2.24) is 25.0 Å². The van der Waals surface area contributed by atoms with E-state index < -0.39 is 0 Å². The van der Waals surface area contributed by atoms with Gasteiger partial charge in [0.2, 0.25) is 5.91 Å². The fourth-order valence-electron chi connectivity index (χ4n) is 3.87. The fraction of sp³-hybridized carbons (Fsp3) is 0.391. The average Bonchev–Trinajstić information content (AvgIpc) is 3.22. The summed E-state index contributed by atoms with van der Waals surface area (Å²) in [6.07, 6.45) is 4.58. The number of rotatable bonds is 5. The topological polar surface area (TPSA) is 92.2 Å². The Hall–Kier alpha value is -3.49. The van der Waals surface area contributed by atoms with Crippen LogP contribution >= 0.6 is 0 Å². The van der Waals surface area contributed by atoms with Crippen LogP contribution in [0.5, 0.6) is 0 Å². The van der Waals surface area contributed by atoms with Crippen molar-refractivity contribution in [2.24, 2.45) is 5.92 Å². The molecule has 0 saturated carbocycles. The van der Waals surface area contributed by atoms with Crippen LogP contribution in [0.25, 0.3) is 11.0 Å². The van der Waals surface area contributed by atoms with E-state index in [9.17, 15) is 14.0 Å². The number of urea groups is 1. The summed E-state index contributed by atoms with van der Waals surface area (Å²) >= 11 is 0. The van der Waals surface area contributed by atoms with Crippen molar-refractivity contribution in [1.29, 1.82) is 0 Å². The molecule has 1 aliphatic rings. The van der Waals surface area contributed by atoms with Gasteiger partial charge < -0.3 is 15.5 Å². The standard InChI is InChI=1S/C23H27FN6O2/c1-15(2)30-21-18(13-27-30)11-20(14-25-21)28-23(32)29-9-7-17(8-10-29)22(31)26-12-16-3-5-19(24)6-4-16/h3-6,11,13-15,17H,7-10,12H2,1-2H3,(H,26,31)(H,28,32). The van der Waals surface area contributed by atoms with Gasteiger partial charge in [0.15, 0.2) is 5.65 Å². The van der Waals surface area contributed by atoms with Crippen LogP contribution in [0.4, 0.5) is 14.9 Å². The van der Waals surface area contributed by atoms with Crippen molar-refractivity contribution in [3.05, 3.63) is 54.1 Å². The van der Waals surface area contributed by atoms with E-state index >= 15 is 0 Å². The molecule has 1 saturated heterocycles. The van der Waals surface area contributed by atoms with E-state index in [0.29, 0.717) is 38.2 Å². The highest BCUT2D eigenvalue weighted by Crippen LogP contribution is 2.21. The van der Waals surface area contributed by atoms with E-state index in [1.165, 1.54) is 12.1 Å². The quantitative estimate of drug-likeness (QED) is 0.635. The van der Waals surface area contributed by atoms with Gasteiger partial charge in [-0.05, 0) is 50.5 Å². The lowest BCUT2D eigenvalue weighted by Crippen LogP contribution is -2.44. The highest BCUT2D eigenvalue weighted by molar-refractivity contribution is 5.91. The molecule has 0 radical (unpaired) electrons. The highest BCUT2D eigenvalue weighted by Gasteiger charge is 2.27. The zero-order valence-corrected chi connectivity index (χ0v) is 18.2. The number of carbonyl (C=O) groups excluding carboxylic acids is 2. The number of piperidine rings is 1. The monoisotopic (exact) mass is 438 g/mol. The van der Waals surface area contributed by atoms with E-state index in [4.69, 9.17) is 0 Å². The molecule has 2 N–H and O–H groups in total. The number of carbonyl (C=O) groups is 2. The molecule has 0 aliphatic carbocycles. The van der Waals surface area contributed by atoms with Crippen molar-refractivity contribution in [3.63, 3.8) is 0 Å².